The van der Waals surface area contributed by atoms with E-state index in [0.29, 0.717) is 5.76 Å². The van der Waals surface area contributed by atoms with Gasteiger partial charge >= 0.3 is 0 Å². The van der Waals surface area contributed by atoms with E-state index in [9.17, 15) is 9.18 Å². The minimum atomic E-state index is -0.265. The summed E-state index contributed by atoms with van der Waals surface area (Å²) in [5.74, 6) is 0.0934. The van der Waals surface area contributed by atoms with Gasteiger partial charge in [0.2, 0.25) is 0 Å². The van der Waals surface area contributed by atoms with Crippen LogP contribution in [0.1, 0.15) is 39.8 Å². The van der Waals surface area contributed by atoms with Crippen LogP contribution < -0.4 is 5.32 Å². The number of amides is 1. The lowest BCUT2D eigenvalue weighted by atomic mass is 10.1. The van der Waals surface area contributed by atoms with Crippen molar-refractivity contribution in [1.82, 2.24) is 10.5 Å². The topological polar surface area (TPSA) is 55.1 Å². The molecule has 98 valence electrons. The first-order valence-electron chi connectivity index (χ1n) is 6.16. The van der Waals surface area contributed by atoms with E-state index < -0.39 is 0 Å². The minimum absolute atomic E-state index is 0.0832. The molecule has 2 aromatic rings. The third kappa shape index (κ3) is 2.23. The number of nitrogens with zero attached hydrogens (tertiary/aromatic N) is 1. The fourth-order valence-corrected chi connectivity index (χ4v) is 2.44. The molecule has 1 aliphatic carbocycles. The summed E-state index contributed by atoms with van der Waals surface area (Å²) in [5.41, 5.74) is 2.21. The number of carbonyl (C=O) groups excluding carboxylic acids is 1. The van der Waals surface area contributed by atoms with Crippen LogP contribution in [0, 0.1) is 12.7 Å². The molecule has 5 heteroatoms. The predicted molar refractivity (Wildman–Crippen MR) is 66.2 cm³/mol. The standard InChI is InChI=1S/C14H13FN2O2/c1-8-6-13(17-19-8)14(18)16-12-5-2-9-7-10(15)3-4-11(9)12/h3-4,6-7,12H,2,5H2,1H3,(H,16,18)/t12-/m1/s1. The highest BCUT2D eigenvalue weighted by atomic mass is 19.1. The molecule has 1 aromatic heterocycles. The van der Waals surface area contributed by atoms with E-state index in [1.54, 1.807) is 19.1 Å². The molecule has 1 aromatic carbocycles. The molecular formula is C14H13FN2O2. The van der Waals surface area contributed by atoms with Crippen molar-refractivity contribution >= 4 is 5.91 Å². The predicted octanol–water partition coefficient (Wildman–Crippen LogP) is 2.54. The molecule has 3 rings (SSSR count). The van der Waals surface area contributed by atoms with E-state index in [4.69, 9.17) is 4.52 Å². The van der Waals surface area contributed by atoms with Crippen LogP contribution in [-0.2, 0) is 6.42 Å². The molecule has 19 heavy (non-hydrogen) atoms. The number of hydrogen-bond acceptors (Lipinski definition) is 3. The fourth-order valence-electron chi connectivity index (χ4n) is 2.44. The van der Waals surface area contributed by atoms with Gasteiger partial charge < -0.3 is 9.84 Å². The summed E-state index contributed by atoms with van der Waals surface area (Å²) in [7, 11) is 0. The Bertz CT molecular complexity index is 636. The molecule has 1 N–H and O–H groups in total. The van der Waals surface area contributed by atoms with Crippen molar-refractivity contribution in [2.24, 2.45) is 0 Å². The van der Waals surface area contributed by atoms with E-state index in [2.05, 4.69) is 10.5 Å². The summed E-state index contributed by atoms with van der Waals surface area (Å²) in [6.45, 7) is 1.73. The zero-order valence-corrected chi connectivity index (χ0v) is 10.4. The lowest BCUT2D eigenvalue weighted by molar-refractivity contribution is 0.0927. The second kappa shape index (κ2) is 4.50. The zero-order chi connectivity index (χ0) is 13.4. The van der Waals surface area contributed by atoms with E-state index in [0.717, 1.165) is 24.0 Å². The SMILES string of the molecule is Cc1cc(C(=O)N[C@@H]2CCc3cc(F)ccc32)no1. The highest BCUT2D eigenvalue weighted by Crippen LogP contribution is 2.31. The molecule has 0 saturated heterocycles. The van der Waals surface area contributed by atoms with Gasteiger partial charge in [-0.3, -0.25) is 4.79 Å². The monoisotopic (exact) mass is 260 g/mol. The summed E-state index contributed by atoms with van der Waals surface area (Å²) < 4.78 is 18.0. The Labute approximate surface area is 109 Å². The number of hydrogen-bond donors (Lipinski definition) is 1. The molecule has 0 bridgehead atoms. The lowest BCUT2D eigenvalue weighted by Gasteiger charge is -2.12. The molecule has 0 unspecified atom stereocenters. The van der Waals surface area contributed by atoms with Gasteiger partial charge in [0.05, 0.1) is 6.04 Å². The first-order valence-corrected chi connectivity index (χ1v) is 6.16. The van der Waals surface area contributed by atoms with Gasteiger partial charge in [0.15, 0.2) is 5.69 Å². The van der Waals surface area contributed by atoms with Crippen LogP contribution in [0.3, 0.4) is 0 Å². The highest BCUT2D eigenvalue weighted by Gasteiger charge is 2.25. The fraction of sp³-hybridized carbons (Fsp3) is 0.286. The van der Waals surface area contributed by atoms with E-state index in [-0.39, 0.29) is 23.5 Å². The number of nitrogens with one attached hydrogen (secondary N) is 1. The van der Waals surface area contributed by atoms with Crippen molar-refractivity contribution < 1.29 is 13.7 Å². The van der Waals surface area contributed by atoms with E-state index in [1.807, 2.05) is 0 Å². The summed E-state index contributed by atoms with van der Waals surface area (Å²) in [6, 6.07) is 6.19. The molecule has 1 heterocycles. The first kappa shape index (κ1) is 11.9. The van der Waals surface area contributed by atoms with Crippen LogP contribution in [0.25, 0.3) is 0 Å². The van der Waals surface area contributed by atoms with E-state index >= 15 is 0 Å². The number of carbonyl (C=O) groups is 1. The molecule has 0 radical (unpaired) electrons. The van der Waals surface area contributed by atoms with Crippen molar-refractivity contribution in [3.8, 4) is 0 Å². The molecular weight excluding hydrogens is 247 g/mol. The summed E-state index contributed by atoms with van der Waals surface area (Å²) >= 11 is 0. The smallest absolute Gasteiger partial charge is 0.273 e. The molecule has 1 aliphatic rings. The van der Waals surface area contributed by atoms with Gasteiger partial charge in [0.1, 0.15) is 11.6 Å². The van der Waals surface area contributed by atoms with Gasteiger partial charge in [-0.25, -0.2) is 4.39 Å². The third-order valence-corrected chi connectivity index (χ3v) is 3.35. The van der Waals surface area contributed by atoms with Crippen molar-refractivity contribution in [1.29, 1.82) is 0 Å². The van der Waals surface area contributed by atoms with Crippen molar-refractivity contribution in [2.45, 2.75) is 25.8 Å². The molecule has 0 fully saturated rings. The second-order valence-electron chi connectivity index (χ2n) is 4.73. The second-order valence-corrected chi connectivity index (χ2v) is 4.73. The Morgan fingerprint density at radius 3 is 3.05 bits per heavy atom. The van der Waals surface area contributed by atoms with Crippen LogP contribution in [0.15, 0.2) is 28.8 Å². The maximum atomic E-state index is 13.1. The van der Waals surface area contributed by atoms with E-state index in [1.165, 1.54) is 12.1 Å². The maximum absolute atomic E-state index is 13.1. The van der Waals surface area contributed by atoms with Gasteiger partial charge in [0.25, 0.3) is 5.91 Å². The van der Waals surface area contributed by atoms with Gasteiger partial charge in [-0.05, 0) is 43.0 Å². The van der Waals surface area contributed by atoms with Crippen LogP contribution in [-0.4, -0.2) is 11.1 Å². The van der Waals surface area contributed by atoms with Crippen LogP contribution in [0.2, 0.25) is 0 Å². The molecule has 0 saturated carbocycles. The van der Waals surface area contributed by atoms with Gasteiger partial charge in [0, 0.05) is 6.07 Å². The van der Waals surface area contributed by atoms with Gasteiger partial charge in [-0.1, -0.05) is 11.2 Å². The van der Waals surface area contributed by atoms with Gasteiger partial charge in [-0.2, -0.15) is 0 Å². The molecule has 0 spiro atoms. The molecule has 4 nitrogen and oxygen atoms in total. The molecule has 1 amide bonds. The quantitative estimate of drug-likeness (QED) is 0.902. The number of rotatable bonds is 2. The Morgan fingerprint density at radius 1 is 1.47 bits per heavy atom. The number of aromatic nitrogens is 1. The van der Waals surface area contributed by atoms with Gasteiger partial charge in [-0.15, -0.1) is 0 Å². The lowest BCUT2D eigenvalue weighted by Crippen LogP contribution is -2.27. The first-order chi connectivity index (χ1) is 9.13. The number of halogens is 1. The number of benzene rings is 1. The zero-order valence-electron chi connectivity index (χ0n) is 10.4. The Kier molecular flexibility index (Phi) is 2.81. The average Bonchev–Trinajstić information content (AvgIpc) is 2.96. The minimum Gasteiger partial charge on any atom is -0.361 e. The number of aryl methyl sites for hydroxylation is 2. The van der Waals surface area contributed by atoms with Crippen molar-refractivity contribution in [2.75, 3.05) is 0 Å². The number of fused-ring (bicyclic) bond motifs is 1. The Balaban J connectivity index is 1.78. The third-order valence-electron chi connectivity index (χ3n) is 3.35. The molecule has 0 aliphatic heterocycles. The molecule has 1 atom stereocenters. The normalized spacial score (nSPS) is 17.3. The maximum Gasteiger partial charge on any atom is 0.273 e. The largest absolute Gasteiger partial charge is 0.361 e. The summed E-state index contributed by atoms with van der Waals surface area (Å²) in [5, 5.41) is 6.58. The summed E-state index contributed by atoms with van der Waals surface area (Å²) in [4.78, 5) is 12.0. The Hall–Kier alpha value is -2.17. The van der Waals surface area contributed by atoms with Crippen LogP contribution >= 0.6 is 0 Å². The van der Waals surface area contributed by atoms with Crippen LogP contribution in [0.4, 0.5) is 4.39 Å². The van der Waals surface area contributed by atoms with Crippen molar-refractivity contribution in [3.63, 3.8) is 0 Å². The average molecular weight is 260 g/mol. The van der Waals surface area contributed by atoms with Crippen LogP contribution in [0.5, 0.6) is 0 Å². The highest BCUT2D eigenvalue weighted by molar-refractivity contribution is 5.92. The Morgan fingerprint density at radius 2 is 2.32 bits per heavy atom. The van der Waals surface area contributed by atoms with Crippen molar-refractivity contribution in [3.05, 3.63) is 52.7 Å². The summed E-state index contributed by atoms with van der Waals surface area (Å²) in [6.07, 6.45) is 1.55.